The highest BCUT2D eigenvalue weighted by atomic mass is 35.5. The SMILES string of the molecule is CCn1c(Oc2ccc(OC(F)(F)F)cc2)nnc1[C@@H](C)NS(=O)(=O)c1ccc(Cl)c(Cl)c1. The van der Waals surface area contributed by atoms with Crippen molar-refractivity contribution in [1.82, 2.24) is 19.5 Å². The molecular formula is C19H17Cl2F3N4O4S. The van der Waals surface area contributed by atoms with E-state index in [9.17, 15) is 21.6 Å². The molecule has 0 aliphatic heterocycles. The van der Waals surface area contributed by atoms with Crippen molar-refractivity contribution in [3.63, 3.8) is 0 Å². The lowest BCUT2D eigenvalue weighted by molar-refractivity contribution is -0.274. The van der Waals surface area contributed by atoms with Crippen LogP contribution in [0.1, 0.15) is 25.7 Å². The van der Waals surface area contributed by atoms with Crippen molar-refractivity contribution < 1.29 is 31.1 Å². The van der Waals surface area contributed by atoms with Gasteiger partial charge in [-0.3, -0.25) is 4.57 Å². The van der Waals surface area contributed by atoms with E-state index in [2.05, 4.69) is 19.7 Å². The van der Waals surface area contributed by atoms with Crippen molar-refractivity contribution >= 4 is 33.2 Å². The number of halogens is 5. The second-order valence-corrected chi connectivity index (χ2v) is 9.15. The van der Waals surface area contributed by atoms with Crippen LogP contribution >= 0.6 is 23.2 Å². The first-order valence-corrected chi connectivity index (χ1v) is 11.6. The van der Waals surface area contributed by atoms with Crippen LogP contribution in [0.15, 0.2) is 47.4 Å². The fraction of sp³-hybridized carbons (Fsp3) is 0.263. The minimum Gasteiger partial charge on any atom is -0.424 e. The highest BCUT2D eigenvalue weighted by Gasteiger charge is 2.31. The van der Waals surface area contributed by atoms with Gasteiger partial charge in [-0.15, -0.1) is 18.3 Å². The van der Waals surface area contributed by atoms with Crippen molar-refractivity contribution in [2.24, 2.45) is 0 Å². The zero-order chi connectivity index (χ0) is 24.4. The molecule has 0 aliphatic carbocycles. The van der Waals surface area contributed by atoms with E-state index in [0.717, 1.165) is 12.1 Å². The smallest absolute Gasteiger partial charge is 0.424 e. The quantitative estimate of drug-likeness (QED) is 0.427. The molecule has 1 atom stereocenters. The lowest BCUT2D eigenvalue weighted by Crippen LogP contribution is -2.29. The Kier molecular flexibility index (Phi) is 7.42. The van der Waals surface area contributed by atoms with E-state index in [1.807, 2.05) is 0 Å². The van der Waals surface area contributed by atoms with Gasteiger partial charge in [0.15, 0.2) is 5.82 Å². The molecule has 3 rings (SSSR count). The summed E-state index contributed by atoms with van der Waals surface area (Å²) in [7, 11) is -3.96. The van der Waals surface area contributed by atoms with E-state index in [0.29, 0.717) is 6.54 Å². The van der Waals surface area contributed by atoms with Gasteiger partial charge in [-0.1, -0.05) is 28.3 Å². The first kappa shape index (κ1) is 25.1. The van der Waals surface area contributed by atoms with Gasteiger partial charge in [0.2, 0.25) is 10.0 Å². The lowest BCUT2D eigenvalue weighted by atomic mass is 10.3. The summed E-state index contributed by atoms with van der Waals surface area (Å²) in [6.07, 6.45) is -4.81. The van der Waals surface area contributed by atoms with Crippen LogP contribution < -0.4 is 14.2 Å². The first-order chi connectivity index (χ1) is 15.4. The lowest BCUT2D eigenvalue weighted by Gasteiger charge is -2.15. The molecule has 0 bridgehead atoms. The normalized spacial score (nSPS) is 13.1. The number of nitrogens with zero attached hydrogens (tertiary/aromatic N) is 3. The number of alkyl halides is 3. The molecule has 0 radical (unpaired) electrons. The van der Waals surface area contributed by atoms with Gasteiger partial charge in [0.1, 0.15) is 11.5 Å². The summed E-state index contributed by atoms with van der Waals surface area (Å²) in [4.78, 5) is -0.0797. The van der Waals surface area contributed by atoms with E-state index in [1.165, 1.54) is 34.9 Å². The zero-order valence-electron chi connectivity index (χ0n) is 17.1. The third-order valence-corrected chi connectivity index (χ3v) is 6.53. The number of benzene rings is 2. The third kappa shape index (κ3) is 6.28. The van der Waals surface area contributed by atoms with Crippen LogP contribution in [0.4, 0.5) is 13.2 Å². The van der Waals surface area contributed by atoms with Crippen LogP contribution in [0.2, 0.25) is 10.0 Å². The van der Waals surface area contributed by atoms with Crippen molar-refractivity contribution in [3.8, 4) is 17.5 Å². The van der Waals surface area contributed by atoms with E-state index in [4.69, 9.17) is 27.9 Å². The predicted octanol–water partition coefficient (Wildman–Crippen LogP) is 5.34. The topological polar surface area (TPSA) is 95.3 Å². The second-order valence-electron chi connectivity index (χ2n) is 6.63. The largest absolute Gasteiger partial charge is 0.573 e. The molecule has 1 aromatic heterocycles. The number of sulfonamides is 1. The summed E-state index contributed by atoms with van der Waals surface area (Å²) in [5.41, 5.74) is 0. The molecule has 14 heteroatoms. The van der Waals surface area contributed by atoms with Crippen molar-refractivity contribution in [2.45, 2.75) is 37.7 Å². The van der Waals surface area contributed by atoms with Crippen LogP contribution in [-0.4, -0.2) is 29.5 Å². The van der Waals surface area contributed by atoms with Crippen LogP contribution in [-0.2, 0) is 16.6 Å². The van der Waals surface area contributed by atoms with Crippen molar-refractivity contribution in [3.05, 3.63) is 58.3 Å². The maximum absolute atomic E-state index is 12.7. The minimum atomic E-state index is -4.81. The number of ether oxygens (including phenoxy) is 2. The molecule has 0 amide bonds. The maximum atomic E-state index is 12.7. The molecule has 0 saturated heterocycles. The molecule has 0 saturated carbocycles. The zero-order valence-corrected chi connectivity index (χ0v) is 19.4. The van der Waals surface area contributed by atoms with Crippen molar-refractivity contribution in [2.75, 3.05) is 0 Å². The Morgan fingerprint density at radius 3 is 2.27 bits per heavy atom. The van der Waals surface area contributed by atoms with Gasteiger partial charge in [-0.05, 0) is 56.3 Å². The van der Waals surface area contributed by atoms with Gasteiger partial charge in [0.25, 0.3) is 0 Å². The summed E-state index contributed by atoms with van der Waals surface area (Å²) in [6, 6.07) is 7.84. The molecule has 0 fully saturated rings. The fourth-order valence-corrected chi connectivity index (χ4v) is 4.40. The molecule has 178 valence electrons. The van der Waals surface area contributed by atoms with Crippen LogP contribution in [0.25, 0.3) is 0 Å². The average Bonchev–Trinajstić information content (AvgIpc) is 3.12. The molecule has 33 heavy (non-hydrogen) atoms. The Bertz CT molecular complexity index is 1230. The number of rotatable bonds is 8. The van der Waals surface area contributed by atoms with Gasteiger partial charge in [0, 0.05) is 6.54 Å². The number of nitrogens with one attached hydrogen (secondary N) is 1. The summed E-state index contributed by atoms with van der Waals surface area (Å²) in [5, 5.41) is 8.22. The standard InChI is InChI=1S/C19H17Cl2F3N4O4S/c1-3-28-17(11(2)27-33(29,30)14-8-9-15(20)16(21)10-14)25-26-18(28)31-12-4-6-13(7-5-12)32-19(22,23)24/h4-11,27H,3H2,1-2H3/t11-/m1/s1. The minimum absolute atomic E-state index is 0.0255. The Hall–Kier alpha value is -2.54. The highest BCUT2D eigenvalue weighted by Crippen LogP contribution is 2.29. The van der Waals surface area contributed by atoms with Gasteiger partial charge in [0.05, 0.1) is 21.0 Å². The monoisotopic (exact) mass is 524 g/mol. The maximum Gasteiger partial charge on any atom is 0.573 e. The molecule has 0 aliphatic rings. The molecule has 2 aromatic carbocycles. The second kappa shape index (κ2) is 9.75. The number of aromatic nitrogens is 3. The van der Waals surface area contributed by atoms with Crippen LogP contribution in [0.5, 0.6) is 17.5 Å². The molecule has 1 N–H and O–H groups in total. The molecule has 8 nitrogen and oxygen atoms in total. The van der Waals surface area contributed by atoms with E-state index >= 15 is 0 Å². The number of hydrogen-bond acceptors (Lipinski definition) is 6. The third-order valence-electron chi connectivity index (χ3n) is 4.25. The molecule has 0 spiro atoms. The van der Waals surface area contributed by atoms with Gasteiger partial charge in [-0.2, -0.15) is 0 Å². The van der Waals surface area contributed by atoms with Gasteiger partial charge < -0.3 is 9.47 Å². The van der Waals surface area contributed by atoms with Crippen LogP contribution in [0, 0.1) is 0 Å². The molecule has 1 heterocycles. The van der Waals surface area contributed by atoms with Gasteiger partial charge >= 0.3 is 12.4 Å². The van der Waals surface area contributed by atoms with Crippen LogP contribution in [0.3, 0.4) is 0 Å². The summed E-state index contributed by atoms with van der Waals surface area (Å²) in [5.74, 6) is 0.0354. The first-order valence-electron chi connectivity index (χ1n) is 9.33. The molecule has 0 unspecified atom stereocenters. The summed E-state index contributed by atoms with van der Waals surface area (Å²) < 4.78 is 75.7. The Labute approximate surface area is 197 Å². The fourth-order valence-electron chi connectivity index (χ4n) is 2.81. The van der Waals surface area contributed by atoms with Gasteiger partial charge in [-0.25, -0.2) is 13.1 Å². The Balaban J connectivity index is 1.77. The number of hydrogen-bond donors (Lipinski definition) is 1. The Morgan fingerprint density at radius 2 is 1.70 bits per heavy atom. The van der Waals surface area contributed by atoms with E-state index in [1.54, 1.807) is 13.8 Å². The Morgan fingerprint density at radius 1 is 1.06 bits per heavy atom. The van der Waals surface area contributed by atoms with E-state index < -0.39 is 28.2 Å². The summed E-state index contributed by atoms with van der Waals surface area (Å²) >= 11 is 11.8. The predicted molar refractivity (Wildman–Crippen MR) is 114 cm³/mol. The highest BCUT2D eigenvalue weighted by molar-refractivity contribution is 7.89. The molecular weight excluding hydrogens is 508 g/mol. The average molecular weight is 525 g/mol. The van der Waals surface area contributed by atoms with Crippen molar-refractivity contribution in [1.29, 1.82) is 0 Å². The van der Waals surface area contributed by atoms with E-state index in [-0.39, 0.29) is 32.5 Å². The summed E-state index contributed by atoms with van der Waals surface area (Å²) in [6.45, 7) is 3.66. The molecule has 3 aromatic rings.